The number of hydrogen-bond donors (Lipinski definition) is 1. The summed E-state index contributed by atoms with van der Waals surface area (Å²) >= 11 is 0. The second-order valence-electron chi connectivity index (χ2n) is 13.1. The van der Waals surface area contributed by atoms with Gasteiger partial charge in [-0.3, -0.25) is 4.98 Å². The average molecular weight is 561 g/mol. The zero-order valence-corrected chi connectivity index (χ0v) is 25.1. The van der Waals surface area contributed by atoms with Crippen molar-refractivity contribution in [1.29, 1.82) is 0 Å². The molecule has 3 unspecified atom stereocenters. The normalized spacial score (nSPS) is 20.0. The Morgan fingerprint density at radius 2 is 1.66 bits per heavy atom. The Kier molecular flexibility index (Phi) is 7.62. The molecular weight excluding hydrogens is 519 g/mol. The number of anilines is 1. The predicted octanol–water partition coefficient (Wildman–Crippen LogP) is 7.16. The highest BCUT2D eigenvalue weighted by atomic mass is 19.1. The Balaban J connectivity index is 1.49. The Labute approximate surface area is 242 Å². The molecule has 0 radical (unpaired) electrons. The van der Waals surface area contributed by atoms with Crippen LogP contribution < -0.4 is 9.64 Å². The number of nitrogens with zero attached hydrogens (tertiary/aromatic N) is 2. The van der Waals surface area contributed by atoms with Gasteiger partial charge in [-0.25, -0.2) is 9.18 Å². The number of aryl methyl sites for hydroxylation is 2. The Bertz CT molecular complexity index is 1410. The highest BCUT2D eigenvalue weighted by molar-refractivity contribution is 5.88. The summed E-state index contributed by atoms with van der Waals surface area (Å²) in [6.45, 7) is 16.4. The second-order valence-corrected chi connectivity index (χ2v) is 13.1. The molecule has 6 nitrogen and oxygen atoms in total. The SMILES string of the molecule is Cc1nc(C)c(C(OC(C)(C)C)C(=O)O)c(N2CC3C(C2)C3(C)C)c1-c1ccc(OCCc2ccc(F)cc2)cc1. The number of benzene rings is 2. The van der Waals surface area contributed by atoms with Gasteiger partial charge in [0.15, 0.2) is 6.10 Å². The minimum atomic E-state index is -1.14. The third kappa shape index (κ3) is 5.96. The monoisotopic (exact) mass is 560 g/mol. The van der Waals surface area contributed by atoms with Gasteiger partial charge >= 0.3 is 5.97 Å². The summed E-state index contributed by atoms with van der Waals surface area (Å²) in [7, 11) is 0. The zero-order chi connectivity index (χ0) is 29.7. The topological polar surface area (TPSA) is 71.9 Å². The summed E-state index contributed by atoms with van der Waals surface area (Å²) in [6, 6.07) is 14.4. The lowest BCUT2D eigenvalue weighted by atomic mass is 9.93. The Morgan fingerprint density at radius 3 is 2.22 bits per heavy atom. The molecule has 0 spiro atoms. The number of aromatic nitrogens is 1. The molecule has 2 heterocycles. The maximum Gasteiger partial charge on any atom is 0.337 e. The number of carboxylic acid groups (broad SMARTS) is 1. The fourth-order valence-electron chi connectivity index (χ4n) is 6.39. The van der Waals surface area contributed by atoms with Crippen LogP contribution in [-0.4, -0.2) is 41.4 Å². The van der Waals surface area contributed by atoms with Crippen molar-refractivity contribution in [2.24, 2.45) is 17.3 Å². The molecule has 1 N–H and O–H groups in total. The minimum absolute atomic E-state index is 0.247. The second kappa shape index (κ2) is 10.8. The minimum Gasteiger partial charge on any atom is -0.493 e. The number of fused-ring (bicyclic) bond motifs is 1. The van der Waals surface area contributed by atoms with E-state index < -0.39 is 17.7 Å². The van der Waals surface area contributed by atoms with Crippen LogP contribution in [0.3, 0.4) is 0 Å². The van der Waals surface area contributed by atoms with Crippen molar-refractivity contribution in [2.75, 3.05) is 24.6 Å². The van der Waals surface area contributed by atoms with Crippen LogP contribution in [0.5, 0.6) is 5.75 Å². The largest absolute Gasteiger partial charge is 0.493 e. The molecular formula is C34H41FN2O4. The molecule has 218 valence electrons. The molecule has 1 saturated heterocycles. The van der Waals surface area contributed by atoms with E-state index in [2.05, 4.69) is 18.7 Å². The lowest BCUT2D eigenvalue weighted by Crippen LogP contribution is -2.33. The number of ether oxygens (including phenoxy) is 2. The summed E-state index contributed by atoms with van der Waals surface area (Å²) in [6.07, 6.45) is -0.468. The van der Waals surface area contributed by atoms with Gasteiger partial charge in [0, 0.05) is 42.0 Å². The lowest BCUT2D eigenvalue weighted by molar-refractivity contribution is -0.160. The number of rotatable bonds is 9. The summed E-state index contributed by atoms with van der Waals surface area (Å²) in [5, 5.41) is 10.4. The van der Waals surface area contributed by atoms with Gasteiger partial charge < -0.3 is 19.5 Å². The van der Waals surface area contributed by atoms with E-state index >= 15 is 0 Å². The Morgan fingerprint density at radius 1 is 1.05 bits per heavy atom. The standard InChI is InChI=1S/C34H41FN2O4/c1-20-28(23-10-14-25(15-11-23)40-17-16-22-8-12-24(35)13-9-22)30(37-18-26-27(19-37)34(26,6)7)29(21(2)36-20)31(32(38)39)41-33(3,4)5/h8-15,26-27,31H,16-19H2,1-7H3,(H,38,39). The number of carbonyl (C=O) groups is 1. The number of carboxylic acids is 1. The number of halogens is 1. The van der Waals surface area contributed by atoms with Gasteiger partial charge in [-0.2, -0.15) is 0 Å². The van der Waals surface area contributed by atoms with E-state index in [1.165, 1.54) is 12.1 Å². The quantitative estimate of drug-likeness (QED) is 0.299. The number of piperidine rings is 1. The van der Waals surface area contributed by atoms with Crippen molar-refractivity contribution in [3.8, 4) is 16.9 Å². The van der Waals surface area contributed by atoms with Gasteiger partial charge in [-0.1, -0.05) is 38.1 Å². The summed E-state index contributed by atoms with van der Waals surface area (Å²) in [5.41, 5.74) is 5.65. The molecule has 1 saturated carbocycles. The molecule has 3 atom stereocenters. The molecule has 3 aromatic rings. The lowest BCUT2D eigenvalue weighted by Gasteiger charge is -2.34. The van der Waals surface area contributed by atoms with E-state index in [9.17, 15) is 14.3 Å². The van der Waals surface area contributed by atoms with Crippen LogP contribution in [0.25, 0.3) is 11.1 Å². The van der Waals surface area contributed by atoms with Crippen molar-refractivity contribution < 1.29 is 23.8 Å². The average Bonchev–Trinajstić information content (AvgIpc) is 3.20. The highest BCUT2D eigenvalue weighted by Crippen LogP contribution is 2.63. The van der Waals surface area contributed by atoms with E-state index in [0.29, 0.717) is 41.5 Å². The molecule has 41 heavy (non-hydrogen) atoms. The van der Waals surface area contributed by atoms with Crippen LogP contribution in [0, 0.1) is 36.9 Å². The maximum atomic E-state index is 13.2. The number of pyridine rings is 1. The zero-order valence-electron chi connectivity index (χ0n) is 25.1. The molecule has 0 bridgehead atoms. The van der Waals surface area contributed by atoms with E-state index in [-0.39, 0.29) is 5.82 Å². The van der Waals surface area contributed by atoms with Crippen LogP contribution >= 0.6 is 0 Å². The van der Waals surface area contributed by atoms with E-state index in [1.807, 2.05) is 58.9 Å². The van der Waals surface area contributed by atoms with E-state index in [4.69, 9.17) is 14.5 Å². The third-order valence-electron chi connectivity index (χ3n) is 8.69. The molecule has 2 fully saturated rings. The van der Waals surface area contributed by atoms with E-state index in [1.54, 1.807) is 12.1 Å². The Hall–Kier alpha value is -3.45. The molecule has 1 aromatic heterocycles. The van der Waals surface area contributed by atoms with Crippen molar-refractivity contribution in [2.45, 2.75) is 66.6 Å². The molecule has 1 aliphatic carbocycles. The van der Waals surface area contributed by atoms with Gasteiger partial charge in [-0.05, 0) is 87.3 Å². The summed E-state index contributed by atoms with van der Waals surface area (Å²) in [5.74, 6) is 0.638. The molecule has 1 aliphatic heterocycles. The third-order valence-corrected chi connectivity index (χ3v) is 8.69. The van der Waals surface area contributed by atoms with Crippen LogP contribution in [0.15, 0.2) is 48.5 Å². The van der Waals surface area contributed by atoms with Crippen molar-refractivity contribution in [3.05, 3.63) is 76.9 Å². The first-order chi connectivity index (χ1) is 19.3. The van der Waals surface area contributed by atoms with Gasteiger partial charge in [0.05, 0.1) is 17.9 Å². The van der Waals surface area contributed by atoms with Crippen LogP contribution in [0.4, 0.5) is 10.1 Å². The van der Waals surface area contributed by atoms with Gasteiger partial charge in [0.25, 0.3) is 0 Å². The number of hydrogen-bond acceptors (Lipinski definition) is 5. The van der Waals surface area contributed by atoms with Crippen LogP contribution in [-0.2, 0) is 16.0 Å². The smallest absolute Gasteiger partial charge is 0.337 e. The summed E-state index contributed by atoms with van der Waals surface area (Å²) in [4.78, 5) is 19.9. The number of aliphatic carboxylic acids is 1. The molecule has 7 heteroatoms. The van der Waals surface area contributed by atoms with Crippen LogP contribution in [0.1, 0.15) is 63.2 Å². The first-order valence-electron chi connectivity index (χ1n) is 14.4. The molecule has 2 aliphatic rings. The van der Waals surface area contributed by atoms with Gasteiger partial charge in [0.2, 0.25) is 0 Å². The van der Waals surface area contributed by atoms with Crippen molar-refractivity contribution >= 4 is 11.7 Å². The van der Waals surface area contributed by atoms with Gasteiger partial charge in [-0.15, -0.1) is 0 Å². The molecule has 2 aromatic carbocycles. The predicted molar refractivity (Wildman–Crippen MR) is 159 cm³/mol. The molecule has 0 amide bonds. The first kappa shape index (κ1) is 29.1. The van der Waals surface area contributed by atoms with Crippen molar-refractivity contribution in [1.82, 2.24) is 4.98 Å². The fraction of sp³-hybridized carbons (Fsp3) is 0.471. The van der Waals surface area contributed by atoms with Gasteiger partial charge in [0.1, 0.15) is 11.6 Å². The summed E-state index contributed by atoms with van der Waals surface area (Å²) < 4.78 is 25.4. The highest BCUT2D eigenvalue weighted by Gasteiger charge is 2.62. The van der Waals surface area contributed by atoms with Crippen LogP contribution in [0.2, 0.25) is 0 Å². The fourth-order valence-corrected chi connectivity index (χ4v) is 6.39. The van der Waals surface area contributed by atoms with E-state index in [0.717, 1.165) is 46.9 Å². The van der Waals surface area contributed by atoms with Crippen molar-refractivity contribution in [3.63, 3.8) is 0 Å². The maximum absolute atomic E-state index is 13.2. The molecule has 5 rings (SSSR count). The first-order valence-corrected chi connectivity index (χ1v) is 14.4.